The number of phosphoric ester groups is 1. The van der Waals surface area contributed by atoms with Gasteiger partial charge in [0.25, 0.3) is 0 Å². The number of nitrogens with one attached hydrogen (secondary N) is 1. The summed E-state index contributed by atoms with van der Waals surface area (Å²) in [7, 11) is -6.77. The quantitative estimate of drug-likeness (QED) is 0.0376. The summed E-state index contributed by atoms with van der Waals surface area (Å²) in [5.74, 6) is -1.48. The monoisotopic (exact) mass is 970 g/mol. The zero-order valence-corrected chi connectivity index (χ0v) is 41.5. The highest BCUT2D eigenvalue weighted by Gasteiger charge is 2.52. The van der Waals surface area contributed by atoms with Gasteiger partial charge in [0.1, 0.15) is 24.9 Å². The largest absolute Gasteiger partial charge is 0.475 e. The standard InChI is InChI=1S/C50H63N4O12PSi/c1-31-41(63-48(44(45(31)55)53-54-51)66-68(6,7)50(3,4)5)30-59-47-43(52-49(56)60-28-40-38-23-15-13-21-36(38)37-22-14-16-24-39(37)40)32(2)46(42(64-47)29-58-25-33-17-9-8-10-18-33)65-67(57)61-26-34-19-11-12-20-35(34)27-62-67/h8-24,31-32,40-48,55H,25-30H2,1-7H3,(H,52,56)/t31-,32-,41?,42?,43?,44?,45+,46+,47-,48?/m1/s1. The zero-order chi connectivity index (χ0) is 48.2. The molecule has 0 saturated carbocycles. The van der Waals surface area contributed by atoms with E-state index in [1.54, 1.807) is 6.92 Å². The number of carbonyl (C=O) groups is 1. The summed E-state index contributed by atoms with van der Waals surface area (Å²) in [5, 5.41) is 18.3. The van der Waals surface area contributed by atoms with Gasteiger partial charge >= 0.3 is 13.9 Å². The molecule has 68 heavy (non-hydrogen) atoms. The molecule has 5 unspecified atom stereocenters. The van der Waals surface area contributed by atoms with Crippen molar-refractivity contribution < 1.29 is 56.1 Å². The van der Waals surface area contributed by atoms with E-state index in [-0.39, 0.29) is 50.6 Å². The summed E-state index contributed by atoms with van der Waals surface area (Å²) >= 11 is 0. The highest BCUT2D eigenvalue weighted by atomic mass is 31.2. The van der Waals surface area contributed by atoms with Crippen LogP contribution in [0.4, 0.5) is 4.79 Å². The molecule has 3 heterocycles. The number of aliphatic hydroxyl groups excluding tert-OH is 1. The van der Waals surface area contributed by atoms with Gasteiger partial charge < -0.3 is 38.5 Å². The number of nitrogens with zero attached hydrogens (tertiary/aromatic N) is 3. The smallest absolute Gasteiger partial charge is 0.449 e. The molecule has 2 N–H and O–H groups in total. The van der Waals surface area contributed by atoms with E-state index in [2.05, 4.69) is 48.2 Å². The van der Waals surface area contributed by atoms with E-state index in [0.29, 0.717) is 0 Å². The van der Waals surface area contributed by atoms with Gasteiger partial charge in [-0.25, -0.2) is 9.36 Å². The number of phosphoric acid groups is 1. The molecule has 4 aromatic carbocycles. The topological polar surface area (TPSA) is 198 Å². The Hall–Kier alpha value is -4.45. The Balaban J connectivity index is 1.06. The van der Waals surface area contributed by atoms with Gasteiger partial charge in [-0.2, -0.15) is 0 Å². The number of fused-ring (bicyclic) bond motifs is 4. The molecule has 4 aliphatic rings. The van der Waals surface area contributed by atoms with Crippen molar-refractivity contribution in [3.8, 4) is 11.1 Å². The molecule has 4 aromatic rings. The molecule has 2 saturated heterocycles. The predicted molar refractivity (Wildman–Crippen MR) is 255 cm³/mol. The van der Waals surface area contributed by atoms with Gasteiger partial charge in [0, 0.05) is 22.7 Å². The maximum absolute atomic E-state index is 14.5. The molecule has 10 atom stereocenters. The first-order valence-corrected chi connectivity index (χ1v) is 27.6. The van der Waals surface area contributed by atoms with Crippen LogP contribution in [0.3, 0.4) is 0 Å². The molecule has 16 nitrogen and oxygen atoms in total. The number of hydrogen-bond donors (Lipinski definition) is 2. The van der Waals surface area contributed by atoms with Gasteiger partial charge in [-0.15, -0.1) is 0 Å². The third kappa shape index (κ3) is 11.1. The van der Waals surface area contributed by atoms with Crippen LogP contribution >= 0.6 is 7.82 Å². The average molecular weight is 971 g/mol. The lowest BCUT2D eigenvalue weighted by Crippen LogP contribution is -2.63. The fourth-order valence-electron chi connectivity index (χ4n) is 8.99. The normalized spacial score (nSPS) is 28.0. The number of azide groups is 1. The van der Waals surface area contributed by atoms with Crippen LogP contribution in [0, 0.1) is 11.8 Å². The van der Waals surface area contributed by atoms with Crippen molar-refractivity contribution in [3.63, 3.8) is 0 Å². The minimum absolute atomic E-state index is 0.0101. The summed E-state index contributed by atoms with van der Waals surface area (Å²) in [6.07, 6.45) is -6.85. The summed E-state index contributed by atoms with van der Waals surface area (Å²) < 4.78 is 71.6. The van der Waals surface area contributed by atoms with E-state index < -0.39 is 83.1 Å². The summed E-state index contributed by atoms with van der Waals surface area (Å²) in [4.78, 5) is 17.2. The van der Waals surface area contributed by atoms with Gasteiger partial charge in [-0.1, -0.05) is 143 Å². The lowest BCUT2D eigenvalue weighted by atomic mass is 9.88. The van der Waals surface area contributed by atoms with Crippen LogP contribution in [0.15, 0.2) is 108 Å². The molecular weight excluding hydrogens is 908 g/mol. The summed E-state index contributed by atoms with van der Waals surface area (Å²) in [6.45, 7) is 14.0. The molecule has 18 heteroatoms. The Morgan fingerprint density at radius 2 is 1.41 bits per heavy atom. The number of ether oxygens (including phenoxy) is 5. The van der Waals surface area contributed by atoms with Crippen molar-refractivity contribution >= 4 is 22.2 Å². The van der Waals surface area contributed by atoms with Crippen LogP contribution in [-0.4, -0.2) is 88.4 Å². The second-order valence-corrected chi connectivity index (χ2v) is 25.9. The van der Waals surface area contributed by atoms with Gasteiger partial charge in [0.2, 0.25) is 0 Å². The Kier molecular flexibility index (Phi) is 15.6. The Morgan fingerprint density at radius 3 is 2.03 bits per heavy atom. The fourth-order valence-corrected chi connectivity index (χ4v) is 11.5. The maximum atomic E-state index is 14.5. The SMILES string of the molecule is C[C@@H]1C(CO[C@@H]2OC(COCc3ccccc3)[C@@H](OP3(=O)OCc4ccccc4CO3)[C@H](C)C2NC(=O)OCC2c3ccccc3-c3ccccc32)OC(O[Si](C)(C)C(C)(C)C)C(N=[N+]=[N-])[C@H]1O. The van der Waals surface area contributed by atoms with Crippen LogP contribution < -0.4 is 5.32 Å². The van der Waals surface area contributed by atoms with E-state index >= 15 is 0 Å². The van der Waals surface area contributed by atoms with Crippen molar-refractivity contribution in [2.75, 3.05) is 19.8 Å². The van der Waals surface area contributed by atoms with Crippen molar-refractivity contribution in [2.24, 2.45) is 17.0 Å². The minimum Gasteiger partial charge on any atom is -0.449 e. The van der Waals surface area contributed by atoms with Crippen LogP contribution in [0.1, 0.15) is 68.4 Å². The van der Waals surface area contributed by atoms with Gasteiger partial charge in [-0.3, -0.25) is 13.6 Å². The van der Waals surface area contributed by atoms with Gasteiger partial charge in [0.15, 0.2) is 20.9 Å². The molecule has 3 aliphatic heterocycles. The molecule has 2 fully saturated rings. The Morgan fingerprint density at radius 1 is 0.824 bits per heavy atom. The van der Waals surface area contributed by atoms with Crippen LogP contribution in [0.25, 0.3) is 21.6 Å². The first kappa shape index (κ1) is 50.0. The molecular formula is C50H63N4O12PSi. The lowest BCUT2D eigenvalue weighted by molar-refractivity contribution is -0.281. The molecule has 364 valence electrons. The van der Waals surface area contributed by atoms with Gasteiger partial charge in [0.05, 0.1) is 51.3 Å². The van der Waals surface area contributed by atoms with Crippen molar-refractivity contribution in [3.05, 3.63) is 141 Å². The van der Waals surface area contributed by atoms with E-state index in [1.165, 1.54) is 0 Å². The average Bonchev–Trinajstić information content (AvgIpc) is 3.54. The minimum atomic E-state index is -4.26. The summed E-state index contributed by atoms with van der Waals surface area (Å²) in [6, 6.07) is 31.3. The second kappa shape index (κ2) is 21.3. The molecule has 8 rings (SSSR count). The third-order valence-electron chi connectivity index (χ3n) is 14.1. The maximum Gasteiger partial charge on any atom is 0.475 e. The third-order valence-corrected chi connectivity index (χ3v) is 19.9. The highest BCUT2D eigenvalue weighted by Crippen LogP contribution is 2.56. The van der Waals surface area contributed by atoms with E-state index in [9.17, 15) is 20.0 Å². The number of benzene rings is 4. The highest BCUT2D eigenvalue weighted by molar-refractivity contribution is 7.48. The number of amides is 1. The first-order chi connectivity index (χ1) is 32.6. The second-order valence-electron chi connectivity index (χ2n) is 19.5. The van der Waals surface area contributed by atoms with E-state index in [1.807, 2.05) is 111 Å². The Labute approximate surface area is 399 Å². The lowest BCUT2D eigenvalue weighted by Gasteiger charge is -2.48. The fraction of sp³-hybridized carbons (Fsp3) is 0.500. The van der Waals surface area contributed by atoms with Crippen LogP contribution in [0.5, 0.6) is 0 Å². The number of hydrogen-bond acceptors (Lipinski definition) is 13. The molecule has 0 aromatic heterocycles. The molecule has 0 spiro atoms. The molecule has 0 radical (unpaired) electrons. The molecule has 0 bridgehead atoms. The summed E-state index contributed by atoms with van der Waals surface area (Å²) in [5.41, 5.74) is 16.4. The number of alkyl carbamates (subject to hydrolysis) is 1. The van der Waals surface area contributed by atoms with Crippen LogP contribution in [0.2, 0.25) is 18.1 Å². The number of aliphatic hydroxyl groups is 1. The van der Waals surface area contributed by atoms with Crippen molar-refractivity contribution in [2.45, 2.75) is 128 Å². The van der Waals surface area contributed by atoms with Crippen LogP contribution in [-0.2, 0) is 66.1 Å². The van der Waals surface area contributed by atoms with E-state index in [0.717, 1.165) is 38.9 Å². The number of carbonyl (C=O) groups excluding carboxylic acids is 1. The van der Waals surface area contributed by atoms with Crippen molar-refractivity contribution in [1.29, 1.82) is 0 Å². The zero-order valence-electron chi connectivity index (χ0n) is 39.6. The van der Waals surface area contributed by atoms with Gasteiger partial charge in [-0.05, 0) is 62.6 Å². The van der Waals surface area contributed by atoms with E-state index in [4.69, 9.17) is 41.7 Å². The number of rotatable bonds is 15. The molecule has 1 amide bonds. The van der Waals surface area contributed by atoms with Crippen molar-refractivity contribution in [1.82, 2.24) is 5.32 Å². The first-order valence-electron chi connectivity index (χ1n) is 23.3. The molecule has 1 aliphatic carbocycles. The Bertz CT molecular complexity index is 2400. The predicted octanol–water partition coefficient (Wildman–Crippen LogP) is 10.2.